The average molecular weight is 320 g/mol. The van der Waals surface area contributed by atoms with E-state index >= 15 is 0 Å². The third kappa shape index (κ3) is 5.58. The van der Waals surface area contributed by atoms with Crippen LogP contribution in [-0.2, 0) is 11.2 Å². The maximum absolute atomic E-state index is 13.0. The van der Waals surface area contributed by atoms with Crippen molar-refractivity contribution in [1.82, 2.24) is 5.32 Å². The number of benzene rings is 2. The maximum Gasteiger partial charge on any atom is 0.220 e. The van der Waals surface area contributed by atoms with Crippen molar-refractivity contribution in [2.45, 2.75) is 12.8 Å². The molecular formula is C17H18F2N2O2. The van der Waals surface area contributed by atoms with Crippen molar-refractivity contribution in [2.75, 3.05) is 18.4 Å². The number of aromatic hydroxyl groups is 1. The van der Waals surface area contributed by atoms with E-state index in [1.54, 1.807) is 24.3 Å². The summed E-state index contributed by atoms with van der Waals surface area (Å²) in [7, 11) is 0. The molecule has 0 bridgehead atoms. The van der Waals surface area contributed by atoms with E-state index in [1.807, 2.05) is 0 Å². The highest BCUT2D eigenvalue weighted by atomic mass is 19.2. The summed E-state index contributed by atoms with van der Waals surface area (Å²) in [4.78, 5) is 11.7. The highest BCUT2D eigenvalue weighted by Gasteiger charge is 2.03. The second-order valence-electron chi connectivity index (χ2n) is 5.07. The van der Waals surface area contributed by atoms with Gasteiger partial charge in [-0.15, -0.1) is 0 Å². The average Bonchev–Trinajstić information content (AvgIpc) is 2.54. The fourth-order valence-electron chi connectivity index (χ4n) is 2.02. The molecule has 0 radical (unpaired) electrons. The van der Waals surface area contributed by atoms with E-state index in [1.165, 1.54) is 6.07 Å². The number of rotatable bonds is 7. The molecule has 0 spiro atoms. The lowest BCUT2D eigenvalue weighted by Crippen LogP contribution is -2.28. The van der Waals surface area contributed by atoms with E-state index in [-0.39, 0.29) is 11.7 Å². The lowest BCUT2D eigenvalue weighted by Gasteiger charge is -2.08. The molecule has 23 heavy (non-hydrogen) atoms. The van der Waals surface area contributed by atoms with E-state index in [0.29, 0.717) is 31.6 Å². The first-order valence-electron chi connectivity index (χ1n) is 7.28. The number of hydrogen-bond acceptors (Lipinski definition) is 3. The molecule has 0 aliphatic carbocycles. The van der Waals surface area contributed by atoms with Gasteiger partial charge >= 0.3 is 0 Å². The van der Waals surface area contributed by atoms with E-state index in [4.69, 9.17) is 0 Å². The molecule has 4 nitrogen and oxygen atoms in total. The topological polar surface area (TPSA) is 61.4 Å². The van der Waals surface area contributed by atoms with Crippen LogP contribution in [0.3, 0.4) is 0 Å². The van der Waals surface area contributed by atoms with E-state index in [9.17, 15) is 18.7 Å². The van der Waals surface area contributed by atoms with Gasteiger partial charge in [0.25, 0.3) is 0 Å². The normalized spacial score (nSPS) is 10.3. The van der Waals surface area contributed by atoms with Gasteiger partial charge in [-0.05, 0) is 42.3 Å². The van der Waals surface area contributed by atoms with Crippen LogP contribution in [0.15, 0.2) is 42.5 Å². The number of carbonyl (C=O) groups excluding carboxylic acids is 1. The van der Waals surface area contributed by atoms with Crippen molar-refractivity contribution in [1.29, 1.82) is 0 Å². The van der Waals surface area contributed by atoms with Gasteiger partial charge in [-0.2, -0.15) is 0 Å². The van der Waals surface area contributed by atoms with E-state index in [2.05, 4.69) is 10.6 Å². The molecule has 0 saturated heterocycles. The predicted octanol–water partition coefficient (Wildman–Crippen LogP) is 2.83. The first-order valence-corrected chi connectivity index (χ1v) is 7.28. The van der Waals surface area contributed by atoms with Crippen molar-refractivity contribution in [3.63, 3.8) is 0 Å². The van der Waals surface area contributed by atoms with Gasteiger partial charge in [0.1, 0.15) is 5.75 Å². The van der Waals surface area contributed by atoms with Crippen molar-refractivity contribution < 1.29 is 18.7 Å². The standard InChI is InChI=1S/C17H18F2N2O2/c18-15-7-4-13(11-16(15)19)20-9-10-21-17(23)8-3-12-1-5-14(22)6-2-12/h1-2,4-7,11,20,22H,3,8-10H2,(H,21,23). The van der Waals surface area contributed by atoms with Gasteiger partial charge in [-0.1, -0.05) is 12.1 Å². The molecule has 0 unspecified atom stereocenters. The monoisotopic (exact) mass is 320 g/mol. The summed E-state index contributed by atoms with van der Waals surface area (Å²) in [5.41, 5.74) is 1.43. The number of halogens is 2. The Hall–Kier alpha value is -2.63. The van der Waals surface area contributed by atoms with Gasteiger partial charge in [0.2, 0.25) is 5.91 Å². The Labute approximate surface area is 133 Å². The van der Waals surface area contributed by atoms with Crippen LogP contribution in [0.2, 0.25) is 0 Å². The highest BCUT2D eigenvalue weighted by Crippen LogP contribution is 2.12. The Morgan fingerprint density at radius 3 is 2.43 bits per heavy atom. The van der Waals surface area contributed by atoms with Crippen LogP contribution in [0.1, 0.15) is 12.0 Å². The zero-order chi connectivity index (χ0) is 16.7. The molecule has 3 N–H and O–H groups in total. The van der Waals surface area contributed by atoms with Gasteiger partial charge in [0.15, 0.2) is 11.6 Å². The number of hydrogen-bond donors (Lipinski definition) is 3. The lowest BCUT2D eigenvalue weighted by atomic mass is 10.1. The minimum absolute atomic E-state index is 0.0924. The summed E-state index contributed by atoms with van der Waals surface area (Å²) >= 11 is 0. The number of anilines is 1. The molecule has 0 heterocycles. The van der Waals surface area contributed by atoms with Gasteiger partial charge in [-0.25, -0.2) is 8.78 Å². The van der Waals surface area contributed by atoms with Crippen molar-refractivity contribution in [3.8, 4) is 5.75 Å². The molecule has 0 aliphatic heterocycles. The number of phenols is 1. The molecule has 0 aromatic heterocycles. The number of aryl methyl sites for hydroxylation is 1. The number of amides is 1. The molecular weight excluding hydrogens is 302 g/mol. The van der Waals surface area contributed by atoms with Crippen LogP contribution < -0.4 is 10.6 Å². The molecule has 122 valence electrons. The Balaban J connectivity index is 1.64. The first-order chi connectivity index (χ1) is 11.0. The van der Waals surface area contributed by atoms with E-state index < -0.39 is 11.6 Å². The summed E-state index contributed by atoms with van der Waals surface area (Å²) in [6, 6.07) is 10.3. The Morgan fingerprint density at radius 1 is 1.00 bits per heavy atom. The SMILES string of the molecule is O=C(CCc1ccc(O)cc1)NCCNc1ccc(F)c(F)c1. The molecule has 6 heteroatoms. The van der Waals surface area contributed by atoms with Crippen LogP contribution >= 0.6 is 0 Å². The van der Waals surface area contributed by atoms with Crippen LogP contribution in [0.4, 0.5) is 14.5 Å². The number of phenolic OH excluding ortho intramolecular Hbond substituents is 1. The van der Waals surface area contributed by atoms with Gasteiger partial charge in [0, 0.05) is 25.2 Å². The zero-order valence-electron chi connectivity index (χ0n) is 12.5. The Bertz CT molecular complexity index is 660. The van der Waals surface area contributed by atoms with Crippen LogP contribution in [0.25, 0.3) is 0 Å². The zero-order valence-corrected chi connectivity index (χ0v) is 12.5. The van der Waals surface area contributed by atoms with Crippen LogP contribution in [-0.4, -0.2) is 24.1 Å². The minimum Gasteiger partial charge on any atom is -0.508 e. The maximum atomic E-state index is 13.0. The van der Waals surface area contributed by atoms with Crippen molar-refractivity contribution in [2.24, 2.45) is 0 Å². The van der Waals surface area contributed by atoms with Gasteiger partial charge in [-0.3, -0.25) is 4.79 Å². The first kappa shape index (κ1) is 16.7. The largest absolute Gasteiger partial charge is 0.508 e. The summed E-state index contributed by atoms with van der Waals surface area (Å²) in [5.74, 6) is -1.70. The van der Waals surface area contributed by atoms with Gasteiger partial charge in [0.05, 0.1) is 0 Å². The fraction of sp³-hybridized carbons (Fsp3) is 0.235. The highest BCUT2D eigenvalue weighted by molar-refractivity contribution is 5.76. The second kappa shape index (κ2) is 8.12. The second-order valence-corrected chi connectivity index (χ2v) is 5.07. The molecule has 1 amide bonds. The molecule has 0 fully saturated rings. The Morgan fingerprint density at radius 2 is 1.74 bits per heavy atom. The summed E-state index contributed by atoms with van der Waals surface area (Å²) in [5, 5.41) is 14.8. The minimum atomic E-state index is -0.909. The smallest absolute Gasteiger partial charge is 0.220 e. The predicted molar refractivity (Wildman–Crippen MR) is 84.3 cm³/mol. The van der Waals surface area contributed by atoms with Gasteiger partial charge < -0.3 is 15.7 Å². The number of nitrogens with one attached hydrogen (secondary N) is 2. The van der Waals surface area contributed by atoms with E-state index in [0.717, 1.165) is 17.7 Å². The summed E-state index contributed by atoms with van der Waals surface area (Å²) in [6.07, 6.45) is 0.929. The molecule has 2 aromatic carbocycles. The van der Waals surface area contributed by atoms with Crippen LogP contribution in [0.5, 0.6) is 5.75 Å². The molecule has 0 aliphatic rings. The third-order valence-corrected chi connectivity index (χ3v) is 3.27. The number of carbonyl (C=O) groups is 1. The molecule has 0 saturated carbocycles. The van der Waals surface area contributed by atoms with Crippen molar-refractivity contribution >= 4 is 11.6 Å². The molecule has 2 aromatic rings. The molecule has 0 atom stereocenters. The lowest BCUT2D eigenvalue weighted by molar-refractivity contribution is -0.120. The summed E-state index contributed by atoms with van der Waals surface area (Å²) < 4.78 is 25.8. The fourth-order valence-corrected chi connectivity index (χ4v) is 2.02. The summed E-state index contributed by atoms with van der Waals surface area (Å²) in [6.45, 7) is 0.795. The third-order valence-electron chi connectivity index (χ3n) is 3.27. The quantitative estimate of drug-likeness (QED) is 0.688. The molecule has 2 rings (SSSR count). The van der Waals surface area contributed by atoms with Crippen molar-refractivity contribution in [3.05, 3.63) is 59.7 Å². The van der Waals surface area contributed by atoms with Crippen LogP contribution in [0, 0.1) is 11.6 Å². The Kier molecular flexibility index (Phi) is 5.91.